The topological polar surface area (TPSA) is 34.0 Å². The molecule has 3 nitrogen and oxygen atoms in total. The number of rotatable bonds is 10. The summed E-state index contributed by atoms with van der Waals surface area (Å²) in [6, 6.07) is 26.3. The molecule has 0 radical (unpaired) electrons. The lowest BCUT2D eigenvalue weighted by molar-refractivity contribution is 0.233. The SMILES string of the molecule is CCCCC(CC)COc1ccc(N=Nc2ccc(-c3ccccc3)cc2)cc1. The molecule has 0 heterocycles. The number of nitrogens with zero attached hydrogens (tertiary/aromatic N) is 2. The molecule has 0 bridgehead atoms. The molecule has 1 atom stereocenters. The molecule has 0 spiro atoms. The number of ether oxygens (including phenoxy) is 1. The van der Waals surface area contributed by atoms with E-state index in [1.54, 1.807) is 0 Å². The minimum atomic E-state index is 0.633. The highest BCUT2D eigenvalue weighted by molar-refractivity contribution is 5.65. The molecule has 150 valence electrons. The minimum absolute atomic E-state index is 0.633. The maximum Gasteiger partial charge on any atom is 0.119 e. The maximum atomic E-state index is 5.96. The monoisotopic (exact) mass is 386 g/mol. The van der Waals surface area contributed by atoms with E-state index < -0.39 is 0 Å². The van der Waals surface area contributed by atoms with Gasteiger partial charge in [-0.15, -0.1) is 0 Å². The lowest BCUT2D eigenvalue weighted by atomic mass is 10.0. The van der Waals surface area contributed by atoms with Gasteiger partial charge in [0.25, 0.3) is 0 Å². The summed E-state index contributed by atoms with van der Waals surface area (Å²) in [4.78, 5) is 0. The van der Waals surface area contributed by atoms with E-state index in [0.29, 0.717) is 5.92 Å². The molecule has 0 saturated heterocycles. The molecule has 0 aromatic heterocycles. The Bertz CT molecular complexity index is 871. The van der Waals surface area contributed by atoms with Crippen LogP contribution in [0.15, 0.2) is 89.1 Å². The predicted molar refractivity (Wildman–Crippen MR) is 121 cm³/mol. The standard InChI is InChI=1S/C26H30N2O/c1-3-5-9-21(4-2)20-29-26-18-16-25(17-19-26)28-27-24-14-12-23(13-15-24)22-10-7-6-8-11-22/h6-8,10-19,21H,3-5,9,20H2,1-2H3. The molecule has 0 N–H and O–H groups in total. The summed E-state index contributed by atoms with van der Waals surface area (Å²) < 4.78 is 5.96. The van der Waals surface area contributed by atoms with E-state index in [9.17, 15) is 0 Å². The van der Waals surface area contributed by atoms with Crippen LogP contribution in [0, 0.1) is 5.92 Å². The van der Waals surface area contributed by atoms with Gasteiger partial charge in [0.15, 0.2) is 0 Å². The van der Waals surface area contributed by atoms with Gasteiger partial charge in [0.1, 0.15) is 5.75 Å². The Morgan fingerprint density at radius 1 is 0.724 bits per heavy atom. The van der Waals surface area contributed by atoms with E-state index in [2.05, 4.69) is 48.3 Å². The van der Waals surface area contributed by atoms with Crippen molar-refractivity contribution in [2.75, 3.05) is 6.61 Å². The third-order valence-electron chi connectivity index (χ3n) is 5.12. The molecule has 3 aromatic carbocycles. The van der Waals surface area contributed by atoms with Gasteiger partial charge in [-0.3, -0.25) is 0 Å². The van der Waals surface area contributed by atoms with Gasteiger partial charge >= 0.3 is 0 Å². The highest BCUT2D eigenvalue weighted by atomic mass is 16.5. The van der Waals surface area contributed by atoms with Crippen molar-refractivity contribution in [3.8, 4) is 16.9 Å². The Morgan fingerprint density at radius 3 is 1.90 bits per heavy atom. The third kappa shape index (κ3) is 6.56. The zero-order chi connectivity index (χ0) is 20.3. The lowest BCUT2D eigenvalue weighted by Crippen LogP contribution is -2.11. The fourth-order valence-electron chi connectivity index (χ4n) is 3.19. The number of benzene rings is 3. The first-order valence-electron chi connectivity index (χ1n) is 10.6. The first-order chi connectivity index (χ1) is 14.3. The van der Waals surface area contributed by atoms with Gasteiger partial charge in [-0.1, -0.05) is 75.6 Å². The highest BCUT2D eigenvalue weighted by Crippen LogP contribution is 2.25. The van der Waals surface area contributed by atoms with Crippen molar-refractivity contribution in [2.24, 2.45) is 16.1 Å². The van der Waals surface area contributed by atoms with Gasteiger partial charge in [-0.25, -0.2) is 0 Å². The average molecular weight is 387 g/mol. The van der Waals surface area contributed by atoms with Crippen LogP contribution in [0.5, 0.6) is 5.75 Å². The van der Waals surface area contributed by atoms with E-state index in [4.69, 9.17) is 4.74 Å². The van der Waals surface area contributed by atoms with Crippen LogP contribution >= 0.6 is 0 Å². The lowest BCUT2D eigenvalue weighted by Gasteiger charge is -2.15. The minimum Gasteiger partial charge on any atom is -0.493 e. The first-order valence-corrected chi connectivity index (χ1v) is 10.6. The average Bonchev–Trinajstić information content (AvgIpc) is 2.79. The number of hydrogen-bond donors (Lipinski definition) is 0. The fraction of sp³-hybridized carbons (Fsp3) is 0.308. The molecule has 3 heteroatoms. The molecule has 0 saturated carbocycles. The van der Waals surface area contributed by atoms with Crippen LogP contribution in [0.3, 0.4) is 0 Å². The number of unbranched alkanes of at least 4 members (excludes halogenated alkanes) is 1. The molecule has 0 aliphatic carbocycles. The molecular weight excluding hydrogens is 356 g/mol. The van der Waals surface area contributed by atoms with Gasteiger partial charge in [0.05, 0.1) is 18.0 Å². The van der Waals surface area contributed by atoms with E-state index in [-0.39, 0.29) is 0 Å². The Labute approximate surface area is 174 Å². The van der Waals surface area contributed by atoms with Crippen molar-refractivity contribution < 1.29 is 4.74 Å². The summed E-state index contributed by atoms with van der Waals surface area (Å²) in [5.74, 6) is 1.53. The summed E-state index contributed by atoms with van der Waals surface area (Å²) in [5, 5.41) is 8.69. The summed E-state index contributed by atoms with van der Waals surface area (Å²) in [6.45, 7) is 5.25. The summed E-state index contributed by atoms with van der Waals surface area (Å²) in [6.07, 6.45) is 4.91. The number of azo groups is 1. The quantitative estimate of drug-likeness (QED) is 0.322. The van der Waals surface area contributed by atoms with Gasteiger partial charge < -0.3 is 4.74 Å². The molecule has 0 fully saturated rings. The summed E-state index contributed by atoms with van der Waals surface area (Å²) in [5.41, 5.74) is 4.04. The van der Waals surface area contributed by atoms with E-state index in [1.807, 2.05) is 54.6 Å². The second-order valence-corrected chi connectivity index (χ2v) is 7.33. The van der Waals surface area contributed by atoms with Crippen molar-refractivity contribution in [1.82, 2.24) is 0 Å². The molecule has 0 aliphatic rings. The zero-order valence-corrected chi connectivity index (χ0v) is 17.4. The fourth-order valence-corrected chi connectivity index (χ4v) is 3.19. The van der Waals surface area contributed by atoms with Crippen LogP contribution in [-0.4, -0.2) is 6.61 Å². The van der Waals surface area contributed by atoms with Crippen LogP contribution in [-0.2, 0) is 0 Å². The zero-order valence-electron chi connectivity index (χ0n) is 17.4. The van der Waals surface area contributed by atoms with Gasteiger partial charge in [0, 0.05) is 0 Å². The first kappa shape index (κ1) is 20.8. The molecule has 0 amide bonds. The van der Waals surface area contributed by atoms with Crippen LogP contribution in [0.4, 0.5) is 11.4 Å². The van der Waals surface area contributed by atoms with Crippen molar-refractivity contribution in [3.05, 3.63) is 78.9 Å². The van der Waals surface area contributed by atoms with Gasteiger partial charge in [0.2, 0.25) is 0 Å². The molecule has 1 unspecified atom stereocenters. The van der Waals surface area contributed by atoms with Crippen LogP contribution < -0.4 is 4.74 Å². The second-order valence-electron chi connectivity index (χ2n) is 7.33. The van der Waals surface area contributed by atoms with E-state index in [1.165, 1.54) is 30.4 Å². The molecule has 29 heavy (non-hydrogen) atoms. The predicted octanol–water partition coefficient (Wildman–Crippen LogP) is 8.36. The van der Waals surface area contributed by atoms with Crippen molar-refractivity contribution in [1.29, 1.82) is 0 Å². The second kappa shape index (κ2) is 11.2. The smallest absolute Gasteiger partial charge is 0.119 e. The Balaban J connectivity index is 1.54. The van der Waals surface area contributed by atoms with Crippen molar-refractivity contribution >= 4 is 11.4 Å². The molecule has 3 rings (SSSR count). The Hall–Kier alpha value is -2.94. The number of hydrogen-bond acceptors (Lipinski definition) is 3. The maximum absolute atomic E-state index is 5.96. The van der Waals surface area contributed by atoms with Crippen LogP contribution in [0.25, 0.3) is 11.1 Å². The summed E-state index contributed by atoms with van der Waals surface area (Å²) in [7, 11) is 0. The third-order valence-corrected chi connectivity index (χ3v) is 5.12. The van der Waals surface area contributed by atoms with Crippen LogP contribution in [0.1, 0.15) is 39.5 Å². The highest BCUT2D eigenvalue weighted by Gasteiger charge is 2.07. The van der Waals surface area contributed by atoms with Crippen molar-refractivity contribution in [2.45, 2.75) is 39.5 Å². The van der Waals surface area contributed by atoms with Gasteiger partial charge in [-0.05, 0) is 59.9 Å². The van der Waals surface area contributed by atoms with Crippen LogP contribution in [0.2, 0.25) is 0 Å². The molecule has 3 aromatic rings. The molecular formula is C26H30N2O. The van der Waals surface area contributed by atoms with Crippen molar-refractivity contribution in [3.63, 3.8) is 0 Å². The largest absolute Gasteiger partial charge is 0.493 e. The Kier molecular flexibility index (Phi) is 8.00. The van der Waals surface area contributed by atoms with E-state index >= 15 is 0 Å². The van der Waals surface area contributed by atoms with E-state index in [0.717, 1.165) is 30.2 Å². The summed E-state index contributed by atoms with van der Waals surface area (Å²) >= 11 is 0. The molecule has 0 aliphatic heterocycles. The normalized spacial score (nSPS) is 12.2. The Morgan fingerprint density at radius 2 is 1.31 bits per heavy atom. The van der Waals surface area contributed by atoms with Gasteiger partial charge in [-0.2, -0.15) is 10.2 Å².